The van der Waals surface area contributed by atoms with Gasteiger partial charge in [-0.25, -0.2) is 13.0 Å². The summed E-state index contributed by atoms with van der Waals surface area (Å²) >= 11 is 0. The molecule has 0 N–H and O–H groups in total. The lowest BCUT2D eigenvalue weighted by molar-refractivity contribution is 0.509. The summed E-state index contributed by atoms with van der Waals surface area (Å²) in [5.74, 6) is -1.08. The maximum Gasteiger partial charge on any atom is 0.160 e. The Balaban J connectivity index is 3.19. The summed E-state index contributed by atoms with van der Waals surface area (Å²) in [6.45, 7) is 3.52. The van der Waals surface area contributed by atoms with Gasteiger partial charge >= 0.3 is 0 Å². The predicted molar refractivity (Wildman–Crippen MR) is 57.7 cm³/mol. The van der Waals surface area contributed by atoms with Crippen LogP contribution in [-0.2, 0) is 9.73 Å². The van der Waals surface area contributed by atoms with Crippen LogP contribution in [0.1, 0.15) is 13.8 Å². The molecule has 84 valence electrons. The molecule has 1 aromatic carbocycles. The van der Waals surface area contributed by atoms with E-state index in [1.54, 1.807) is 13.8 Å². The smallest absolute Gasteiger partial charge is 0.160 e. The summed E-state index contributed by atoms with van der Waals surface area (Å²) in [5.41, 5.74) is 0.225. The van der Waals surface area contributed by atoms with E-state index in [1.807, 2.05) is 0 Å². The Hall–Kier alpha value is -0.970. The third-order valence-electron chi connectivity index (χ3n) is 2.08. The van der Waals surface area contributed by atoms with Crippen LogP contribution in [0.2, 0.25) is 0 Å². The number of rotatable bonds is 3. The Bertz CT molecular complexity index is 454. The van der Waals surface area contributed by atoms with Gasteiger partial charge in [0.25, 0.3) is 0 Å². The second-order valence-electron chi connectivity index (χ2n) is 3.04. The van der Waals surface area contributed by atoms with Crippen LogP contribution < -0.4 is 0 Å². The quantitative estimate of drug-likeness (QED) is 0.788. The van der Waals surface area contributed by atoms with Gasteiger partial charge in [0.15, 0.2) is 11.6 Å². The van der Waals surface area contributed by atoms with Crippen molar-refractivity contribution in [1.29, 1.82) is 0 Å². The normalized spacial score (nSPS) is 11.5. The summed E-state index contributed by atoms with van der Waals surface area (Å²) in [4.78, 5) is 0. The number of hydrogen-bond acceptors (Lipinski definition) is 2. The van der Waals surface area contributed by atoms with Crippen LogP contribution in [0.3, 0.4) is 0 Å². The first-order valence-electron chi connectivity index (χ1n) is 4.68. The van der Waals surface area contributed by atoms with Crippen molar-refractivity contribution in [2.24, 2.45) is 4.36 Å². The van der Waals surface area contributed by atoms with Crippen LogP contribution in [0.4, 0.5) is 14.5 Å². The Kier molecular flexibility index (Phi) is 3.79. The minimum Gasteiger partial charge on any atom is -0.249 e. The molecule has 5 heteroatoms. The van der Waals surface area contributed by atoms with Crippen molar-refractivity contribution in [1.82, 2.24) is 0 Å². The molecule has 0 atom stereocenters. The second kappa shape index (κ2) is 4.70. The van der Waals surface area contributed by atoms with Crippen LogP contribution in [0.25, 0.3) is 0 Å². The SMILES string of the molecule is CCS(=O)(CC)=Nc1ccc(F)c(F)c1. The molecule has 0 aliphatic heterocycles. The van der Waals surface area contributed by atoms with Gasteiger partial charge in [0.05, 0.1) is 15.4 Å². The molecule has 1 aromatic rings. The maximum atomic E-state index is 12.8. The van der Waals surface area contributed by atoms with E-state index in [0.717, 1.165) is 12.1 Å². The van der Waals surface area contributed by atoms with Crippen molar-refractivity contribution in [2.75, 3.05) is 11.5 Å². The molecule has 0 radical (unpaired) electrons. The lowest BCUT2D eigenvalue weighted by atomic mass is 10.3. The summed E-state index contributed by atoms with van der Waals surface area (Å²) in [6, 6.07) is 3.27. The van der Waals surface area contributed by atoms with E-state index in [-0.39, 0.29) is 5.69 Å². The number of nitrogens with zero attached hydrogens (tertiary/aromatic N) is 1. The zero-order valence-corrected chi connectivity index (χ0v) is 9.48. The fourth-order valence-corrected chi connectivity index (χ4v) is 2.23. The molecule has 0 unspecified atom stereocenters. The van der Waals surface area contributed by atoms with E-state index >= 15 is 0 Å². The molecule has 0 saturated carbocycles. The number of benzene rings is 1. The standard InChI is InChI=1S/C10H13F2NOS/c1-3-15(14,4-2)13-8-5-6-9(11)10(12)7-8/h5-7H,3-4H2,1-2H3. The Morgan fingerprint density at radius 1 is 1.20 bits per heavy atom. The number of halogens is 2. The first-order valence-corrected chi connectivity index (χ1v) is 6.53. The summed E-state index contributed by atoms with van der Waals surface area (Å²) in [7, 11) is -2.31. The molecule has 0 heterocycles. The van der Waals surface area contributed by atoms with Crippen LogP contribution in [0.5, 0.6) is 0 Å². The van der Waals surface area contributed by atoms with Gasteiger partial charge in [0.2, 0.25) is 0 Å². The molecule has 0 fully saturated rings. The molecule has 1 rings (SSSR count). The molecular weight excluding hydrogens is 220 g/mol. The highest BCUT2D eigenvalue weighted by Gasteiger charge is 2.05. The van der Waals surface area contributed by atoms with E-state index in [0.29, 0.717) is 11.5 Å². The zero-order valence-electron chi connectivity index (χ0n) is 8.67. The minimum atomic E-state index is -2.31. The van der Waals surface area contributed by atoms with Crippen LogP contribution >= 0.6 is 0 Å². The van der Waals surface area contributed by atoms with Gasteiger partial charge in [-0.15, -0.1) is 0 Å². The fraction of sp³-hybridized carbons (Fsp3) is 0.400. The van der Waals surface area contributed by atoms with E-state index in [9.17, 15) is 13.0 Å². The lowest BCUT2D eigenvalue weighted by Gasteiger charge is -2.03. The molecule has 0 amide bonds. The van der Waals surface area contributed by atoms with E-state index in [2.05, 4.69) is 4.36 Å². The van der Waals surface area contributed by atoms with Gasteiger partial charge in [-0.3, -0.25) is 0 Å². The third kappa shape index (κ3) is 2.99. The first kappa shape index (κ1) is 12.1. The van der Waals surface area contributed by atoms with Crippen molar-refractivity contribution in [3.63, 3.8) is 0 Å². The largest absolute Gasteiger partial charge is 0.249 e. The molecular formula is C10H13F2NOS. The maximum absolute atomic E-state index is 12.8. The molecule has 0 spiro atoms. The molecule has 2 nitrogen and oxygen atoms in total. The van der Waals surface area contributed by atoms with E-state index in [4.69, 9.17) is 0 Å². The van der Waals surface area contributed by atoms with Crippen LogP contribution in [0.15, 0.2) is 22.6 Å². The van der Waals surface area contributed by atoms with Gasteiger partial charge in [-0.05, 0) is 12.1 Å². The zero-order chi connectivity index (χ0) is 11.5. The molecule has 0 saturated heterocycles. The van der Waals surface area contributed by atoms with Gasteiger partial charge in [0.1, 0.15) is 0 Å². The molecule has 15 heavy (non-hydrogen) atoms. The lowest BCUT2D eigenvalue weighted by Crippen LogP contribution is -2.04. The van der Waals surface area contributed by atoms with Gasteiger partial charge in [-0.2, -0.15) is 4.36 Å². The van der Waals surface area contributed by atoms with Gasteiger partial charge < -0.3 is 0 Å². The fourth-order valence-electron chi connectivity index (χ4n) is 1.07. The number of hydrogen-bond donors (Lipinski definition) is 0. The van der Waals surface area contributed by atoms with Crippen molar-refractivity contribution in [3.8, 4) is 0 Å². The highest BCUT2D eigenvalue weighted by atomic mass is 32.2. The van der Waals surface area contributed by atoms with Crippen LogP contribution in [0, 0.1) is 11.6 Å². The average Bonchev–Trinajstić information content (AvgIpc) is 2.23. The van der Waals surface area contributed by atoms with Crippen molar-refractivity contribution in [2.45, 2.75) is 13.8 Å². The molecule has 0 aliphatic rings. The molecule has 0 aromatic heterocycles. The predicted octanol–water partition coefficient (Wildman–Crippen LogP) is 3.10. The average molecular weight is 233 g/mol. The summed E-state index contributed by atoms with van der Waals surface area (Å²) in [5, 5.41) is 0. The first-order chi connectivity index (χ1) is 7.00. The summed E-state index contributed by atoms with van der Waals surface area (Å²) < 4.78 is 41.3. The highest BCUT2D eigenvalue weighted by Crippen LogP contribution is 2.18. The van der Waals surface area contributed by atoms with E-state index < -0.39 is 21.4 Å². The van der Waals surface area contributed by atoms with Crippen molar-refractivity contribution in [3.05, 3.63) is 29.8 Å². The highest BCUT2D eigenvalue weighted by molar-refractivity contribution is 7.93. The van der Waals surface area contributed by atoms with Gasteiger partial charge in [-0.1, -0.05) is 13.8 Å². The monoisotopic (exact) mass is 233 g/mol. The Labute approximate surface area is 88.5 Å². The van der Waals surface area contributed by atoms with Crippen molar-refractivity contribution < 1.29 is 13.0 Å². The molecule has 0 bridgehead atoms. The Morgan fingerprint density at radius 2 is 1.80 bits per heavy atom. The van der Waals surface area contributed by atoms with Gasteiger partial charge in [0, 0.05) is 17.6 Å². The third-order valence-corrected chi connectivity index (χ3v) is 4.42. The van der Waals surface area contributed by atoms with E-state index in [1.165, 1.54) is 6.07 Å². The Morgan fingerprint density at radius 3 is 2.27 bits per heavy atom. The second-order valence-corrected chi connectivity index (χ2v) is 5.92. The van der Waals surface area contributed by atoms with Crippen LogP contribution in [-0.4, -0.2) is 15.7 Å². The topological polar surface area (TPSA) is 29.4 Å². The minimum absolute atomic E-state index is 0.225. The summed E-state index contributed by atoms with van der Waals surface area (Å²) in [6.07, 6.45) is 0. The molecule has 0 aliphatic carbocycles. The van der Waals surface area contributed by atoms with Crippen molar-refractivity contribution >= 4 is 15.4 Å².